The molecular weight excluding hydrogens is 302 g/mol. The maximum Gasteiger partial charge on any atom is 0.238 e. The highest BCUT2D eigenvalue weighted by molar-refractivity contribution is 5.93. The number of aryl methyl sites for hydroxylation is 1. The van der Waals surface area contributed by atoms with Crippen molar-refractivity contribution in [3.63, 3.8) is 0 Å². The van der Waals surface area contributed by atoms with Crippen molar-refractivity contribution < 1.29 is 9.53 Å². The van der Waals surface area contributed by atoms with Crippen molar-refractivity contribution in [1.29, 1.82) is 0 Å². The Morgan fingerprint density at radius 3 is 2.86 bits per heavy atom. The summed E-state index contributed by atoms with van der Waals surface area (Å²) in [5.74, 6) is 1.10. The Labute approximate surface area is 138 Å². The molecule has 2 rings (SSSR count). The molecule has 5 nitrogen and oxygen atoms in total. The summed E-state index contributed by atoms with van der Waals surface area (Å²) in [6.07, 6.45) is 0.947. The number of amides is 1. The van der Waals surface area contributed by atoms with Crippen LogP contribution in [0.2, 0.25) is 0 Å². The van der Waals surface area contributed by atoms with Crippen LogP contribution in [-0.4, -0.2) is 43.6 Å². The molecule has 6 heteroatoms. The average Bonchev–Trinajstić information content (AvgIpc) is 2.43. The molecule has 1 fully saturated rings. The van der Waals surface area contributed by atoms with E-state index in [0.29, 0.717) is 18.2 Å². The highest BCUT2D eigenvalue weighted by Crippen LogP contribution is 2.25. The Kier molecular flexibility index (Phi) is 7.13. The Hall–Kier alpha value is -1.30. The molecule has 1 aliphatic rings. The zero-order valence-electron chi connectivity index (χ0n) is 13.5. The van der Waals surface area contributed by atoms with Crippen LogP contribution in [0.3, 0.4) is 0 Å². The number of benzene rings is 1. The molecule has 1 aliphatic heterocycles. The SMILES string of the molecule is COc1ccc(C)cc1NC(=O)CN1CCC(N)C(C)C1.Cl. The molecule has 0 bridgehead atoms. The third-order valence-corrected chi connectivity index (χ3v) is 4.05. The summed E-state index contributed by atoms with van der Waals surface area (Å²) < 4.78 is 5.28. The molecular formula is C16H26ClN3O2. The second-order valence-corrected chi connectivity index (χ2v) is 5.92. The first-order valence-electron chi connectivity index (χ1n) is 7.42. The van der Waals surface area contributed by atoms with Gasteiger partial charge in [0.25, 0.3) is 0 Å². The highest BCUT2D eigenvalue weighted by Gasteiger charge is 2.24. The number of rotatable bonds is 4. The lowest BCUT2D eigenvalue weighted by molar-refractivity contribution is -0.117. The van der Waals surface area contributed by atoms with Gasteiger partial charge in [-0.15, -0.1) is 12.4 Å². The molecule has 0 spiro atoms. The summed E-state index contributed by atoms with van der Waals surface area (Å²) in [5, 5.41) is 2.94. The number of anilines is 1. The summed E-state index contributed by atoms with van der Waals surface area (Å²) in [5.41, 5.74) is 7.82. The first kappa shape index (κ1) is 18.7. The predicted molar refractivity (Wildman–Crippen MR) is 91.8 cm³/mol. The minimum absolute atomic E-state index is 0. The minimum atomic E-state index is -0.0124. The van der Waals surface area contributed by atoms with Crippen molar-refractivity contribution in [2.75, 3.05) is 32.1 Å². The molecule has 1 aromatic carbocycles. The van der Waals surface area contributed by atoms with Crippen LogP contribution >= 0.6 is 12.4 Å². The van der Waals surface area contributed by atoms with Crippen molar-refractivity contribution in [3.8, 4) is 5.75 Å². The molecule has 0 radical (unpaired) electrons. The molecule has 3 N–H and O–H groups in total. The Morgan fingerprint density at radius 2 is 2.23 bits per heavy atom. The van der Waals surface area contributed by atoms with Crippen molar-refractivity contribution in [2.24, 2.45) is 11.7 Å². The lowest BCUT2D eigenvalue weighted by Crippen LogP contribution is -2.48. The second kappa shape index (κ2) is 8.36. The first-order chi connectivity index (χ1) is 9.99. The third kappa shape index (κ3) is 4.87. The zero-order chi connectivity index (χ0) is 15.4. The standard InChI is InChI=1S/C16H25N3O2.ClH/c1-11-4-5-15(21-3)14(8-11)18-16(20)10-19-7-6-13(17)12(2)9-19;/h4-5,8,12-13H,6-7,9-10,17H2,1-3H3,(H,18,20);1H. The third-order valence-electron chi connectivity index (χ3n) is 4.05. The molecule has 1 aromatic rings. The largest absolute Gasteiger partial charge is 0.495 e. The number of halogens is 1. The summed E-state index contributed by atoms with van der Waals surface area (Å²) in [6, 6.07) is 6.00. The number of ether oxygens (including phenoxy) is 1. The molecule has 124 valence electrons. The number of nitrogens with zero attached hydrogens (tertiary/aromatic N) is 1. The fraction of sp³-hybridized carbons (Fsp3) is 0.562. The van der Waals surface area contributed by atoms with Crippen LogP contribution in [0.1, 0.15) is 18.9 Å². The molecule has 1 saturated heterocycles. The van der Waals surface area contributed by atoms with Gasteiger partial charge in [0.1, 0.15) is 5.75 Å². The molecule has 2 atom stereocenters. The molecule has 0 aliphatic carbocycles. The van der Waals surface area contributed by atoms with Gasteiger partial charge in [-0.3, -0.25) is 9.69 Å². The number of carbonyl (C=O) groups excluding carboxylic acids is 1. The monoisotopic (exact) mass is 327 g/mol. The van der Waals surface area contributed by atoms with Gasteiger partial charge in [-0.2, -0.15) is 0 Å². The van der Waals surface area contributed by atoms with E-state index in [0.717, 1.165) is 30.8 Å². The van der Waals surface area contributed by atoms with Gasteiger partial charge >= 0.3 is 0 Å². The van der Waals surface area contributed by atoms with Gasteiger partial charge in [-0.1, -0.05) is 13.0 Å². The number of piperidine rings is 1. The van der Waals surface area contributed by atoms with Crippen LogP contribution in [0.15, 0.2) is 18.2 Å². The average molecular weight is 328 g/mol. The molecule has 0 saturated carbocycles. The van der Waals surface area contributed by atoms with E-state index in [9.17, 15) is 4.79 Å². The van der Waals surface area contributed by atoms with Gasteiger partial charge in [-0.05, 0) is 37.0 Å². The molecule has 2 unspecified atom stereocenters. The molecule has 22 heavy (non-hydrogen) atoms. The van der Waals surface area contributed by atoms with Gasteiger partial charge in [0.2, 0.25) is 5.91 Å². The van der Waals surface area contributed by atoms with Crippen molar-refractivity contribution >= 4 is 24.0 Å². The van der Waals surface area contributed by atoms with Crippen molar-refractivity contribution in [3.05, 3.63) is 23.8 Å². The van der Waals surface area contributed by atoms with E-state index in [1.807, 2.05) is 25.1 Å². The quantitative estimate of drug-likeness (QED) is 0.888. The van der Waals surface area contributed by atoms with Gasteiger partial charge < -0.3 is 15.8 Å². The van der Waals surface area contributed by atoms with Gasteiger partial charge in [0, 0.05) is 19.1 Å². The number of carbonyl (C=O) groups is 1. The topological polar surface area (TPSA) is 67.6 Å². The summed E-state index contributed by atoms with van der Waals surface area (Å²) >= 11 is 0. The smallest absolute Gasteiger partial charge is 0.238 e. The van der Waals surface area contributed by atoms with E-state index in [1.165, 1.54) is 0 Å². The highest BCUT2D eigenvalue weighted by atomic mass is 35.5. The zero-order valence-corrected chi connectivity index (χ0v) is 14.3. The first-order valence-corrected chi connectivity index (χ1v) is 7.42. The normalized spacial score (nSPS) is 21.8. The van der Waals surface area contributed by atoms with Crippen LogP contribution in [0, 0.1) is 12.8 Å². The van der Waals surface area contributed by atoms with Crippen LogP contribution in [0.5, 0.6) is 5.75 Å². The summed E-state index contributed by atoms with van der Waals surface area (Å²) in [7, 11) is 1.61. The fourth-order valence-electron chi connectivity index (χ4n) is 2.71. The molecule has 1 heterocycles. The fourth-order valence-corrected chi connectivity index (χ4v) is 2.71. The number of nitrogens with one attached hydrogen (secondary N) is 1. The van der Waals surface area contributed by atoms with Crippen LogP contribution in [-0.2, 0) is 4.79 Å². The predicted octanol–water partition coefficient (Wildman–Crippen LogP) is 2.03. The van der Waals surface area contributed by atoms with E-state index in [-0.39, 0.29) is 24.4 Å². The van der Waals surface area contributed by atoms with Gasteiger partial charge in [0.15, 0.2) is 0 Å². The number of hydrogen-bond donors (Lipinski definition) is 2. The number of likely N-dealkylation sites (tertiary alicyclic amines) is 1. The van der Waals surface area contributed by atoms with E-state index in [2.05, 4.69) is 17.1 Å². The minimum Gasteiger partial charge on any atom is -0.495 e. The van der Waals surface area contributed by atoms with Crippen LogP contribution in [0.4, 0.5) is 5.69 Å². The maximum absolute atomic E-state index is 12.2. The van der Waals surface area contributed by atoms with Crippen LogP contribution < -0.4 is 15.8 Å². The van der Waals surface area contributed by atoms with Crippen molar-refractivity contribution in [1.82, 2.24) is 4.90 Å². The van der Waals surface area contributed by atoms with E-state index >= 15 is 0 Å². The van der Waals surface area contributed by atoms with E-state index in [1.54, 1.807) is 7.11 Å². The molecule has 1 amide bonds. The number of nitrogens with two attached hydrogens (primary N) is 1. The van der Waals surface area contributed by atoms with Crippen molar-refractivity contribution in [2.45, 2.75) is 26.3 Å². The Balaban J connectivity index is 0.00000242. The van der Waals surface area contributed by atoms with Gasteiger partial charge in [0.05, 0.1) is 19.3 Å². The number of hydrogen-bond acceptors (Lipinski definition) is 4. The molecule has 0 aromatic heterocycles. The van der Waals surface area contributed by atoms with Gasteiger partial charge in [-0.25, -0.2) is 0 Å². The lowest BCUT2D eigenvalue weighted by atomic mass is 9.95. The number of methoxy groups -OCH3 is 1. The van der Waals surface area contributed by atoms with Crippen LogP contribution in [0.25, 0.3) is 0 Å². The lowest BCUT2D eigenvalue weighted by Gasteiger charge is -2.34. The van der Waals surface area contributed by atoms with E-state index < -0.39 is 0 Å². The Morgan fingerprint density at radius 1 is 1.50 bits per heavy atom. The Bertz CT molecular complexity index is 510. The maximum atomic E-state index is 12.2. The summed E-state index contributed by atoms with van der Waals surface area (Å²) in [4.78, 5) is 14.4. The summed E-state index contributed by atoms with van der Waals surface area (Å²) in [6.45, 7) is 6.28. The second-order valence-electron chi connectivity index (χ2n) is 5.92. The van der Waals surface area contributed by atoms with E-state index in [4.69, 9.17) is 10.5 Å².